The Balaban J connectivity index is 2.61. The summed E-state index contributed by atoms with van der Waals surface area (Å²) in [4.78, 5) is 0. The molecule has 0 aliphatic rings. The van der Waals surface area contributed by atoms with Crippen LogP contribution in [0.4, 0.5) is 0 Å². The topological polar surface area (TPSA) is 64.0 Å². The summed E-state index contributed by atoms with van der Waals surface area (Å²) in [6.07, 6.45) is 2.92. The molecule has 1 aromatic heterocycles. The molecule has 0 aromatic carbocycles. The van der Waals surface area contributed by atoms with Crippen LogP contribution in [-0.2, 0) is 22.9 Å². The van der Waals surface area contributed by atoms with Gasteiger partial charge in [0.25, 0.3) is 0 Å². The van der Waals surface area contributed by atoms with E-state index < -0.39 is 9.84 Å². The van der Waals surface area contributed by atoms with E-state index in [2.05, 4.69) is 17.3 Å². The van der Waals surface area contributed by atoms with E-state index in [1.807, 2.05) is 13.1 Å². The van der Waals surface area contributed by atoms with E-state index in [-0.39, 0.29) is 11.0 Å². The van der Waals surface area contributed by atoms with Gasteiger partial charge in [0.1, 0.15) is 0 Å². The Labute approximate surface area is 116 Å². The Morgan fingerprint density at radius 2 is 2.11 bits per heavy atom. The predicted octanol–water partition coefficient (Wildman–Crippen LogP) is 1.51. The number of aryl methyl sites for hydroxylation is 1. The van der Waals surface area contributed by atoms with E-state index >= 15 is 0 Å². The van der Waals surface area contributed by atoms with Crippen LogP contribution in [0.15, 0.2) is 6.20 Å². The van der Waals surface area contributed by atoms with E-state index in [1.165, 1.54) is 0 Å². The fourth-order valence-corrected chi connectivity index (χ4v) is 2.63. The summed E-state index contributed by atoms with van der Waals surface area (Å²) in [5, 5.41) is 7.27. The molecule has 0 aliphatic heterocycles. The summed E-state index contributed by atoms with van der Waals surface area (Å²) in [6, 6.07) is 0. The Morgan fingerprint density at radius 3 is 2.68 bits per heavy atom. The van der Waals surface area contributed by atoms with Gasteiger partial charge in [-0.05, 0) is 33.7 Å². The smallest absolute Gasteiger partial charge is 0.154 e. The first-order chi connectivity index (χ1) is 8.88. The zero-order valence-corrected chi connectivity index (χ0v) is 13.1. The first-order valence-electron chi connectivity index (χ1n) is 6.82. The van der Waals surface area contributed by atoms with Gasteiger partial charge in [0.2, 0.25) is 0 Å². The van der Waals surface area contributed by atoms with Gasteiger partial charge >= 0.3 is 0 Å². The maximum atomic E-state index is 11.8. The van der Waals surface area contributed by atoms with Gasteiger partial charge in [-0.25, -0.2) is 8.42 Å². The highest BCUT2D eigenvalue weighted by molar-refractivity contribution is 7.91. The summed E-state index contributed by atoms with van der Waals surface area (Å²) in [5.41, 5.74) is 2.18. The van der Waals surface area contributed by atoms with Crippen LogP contribution >= 0.6 is 0 Å². The largest absolute Gasteiger partial charge is 0.313 e. The second-order valence-electron chi connectivity index (χ2n) is 5.07. The Hall–Kier alpha value is -0.880. The second kappa shape index (κ2) is 7.05. The third kappa shape index (κ3) is 4.62. The zero-order chi connectivity index (χ0) is 14.5. The average molecular weight is 287 g/mol. The number of rotatable bonds is 8. The standard InChI is InChI=1S/C13H25N3O2S/c1-5-6-14-9-13-10-15-16(12(13)4)7-8-19(17,18)11(2)3/h10-11,14H,5-9H2,1-4H3. The van der Waals surface area contributed by atoms with E-state index in [1.54, 1.807) is 18.5 Å². The van der Waals surface area contributed by atoms with Crippen LogP contribution < -0.4 is 5.32 Å². The maximum absolute atomic E-state index is 11.8. The molecule has 0 radical (unpaired) electrons. The van der Waals surface area contributed by atoms with Crippen molar-refractivity contribution in [3.8, 4) is 0 Å². The lowest BCUT2D eigenvalue weighted by Gasteiger charge is -2.09. The molecule has 5 nitrogen and oxygen atoms in total. The molecular weight excluding hydrogens is 262 g/mol. The van der Waals surface area contributed by atoms with Gasteiger partial charge in [0, 0.05) is 17.8 Å². The Bertz CT molecular complexity index is 492. The third-order valence-corrected chi connectivity index (χ3v) is 5.44. The number of hydrogen-bond donors (Lipinski definition) is 1. The monoisotopic (exact) mass is 287 g/mol. The summed E-state index contributed by atoms with van der Waals surface area (Å²) in [5.74, 6) is 0.148. The summed E-state index contributed by atoms with van der Waals surface area (Å²) >= 11 is 0. The molecule has 6 heteroatoms. The van der Waals surface area contributed by atoms with Crippen LogP contribution in [0, 0.1) is 6.92 Å². The van der Waals surface area contributed by atoms with Crippen LogP contribution in [0.3, 0.4) is 0 Å². The van der Waals surface area contributed by atoms with Crippen LogP contribution in [0.25, 0.3) is 0 Å². The van der Waals surface area contributed by atoms with Gasteiger partial charge in [0.15, 0.2) is 9.84 Å². The predicted molar refractivity (Wildman–Crippen MR) is 77.9 cm³/mol. The lowest BCUT2D eigenvalue weighted by molar-refractivity contribution is 0.569. The first-order valence-corrected chi connectivity index (χ1v) is 8.53. The summed E-state index contributed by atoms with van der Waals surface area (Å²) < 4.78 is 25.3. The van der Waals surface area contributed by atoms with Crippen molar-refractivity contribution in [3.05, 3.63) is 17.5 Å². The van der Waals surface area contributed by atoms with E-state index in [0.29, 0.717) is 6.54 Å². The fourth-order valence-electron chi connectivity index (χ4n) is 1.73. The highest BCUT2D eigenvalue weighted by Crippen LogP contribution is 2.08. The number of nitrogens with zero attached hydrogens (tertiary/aromatic N) is 2. The highest BCUT2D eigenvalue weighted by atomic mass is 32.2. The zero-order valence-electron chi connectivity index (χ0n) is 12.3. The van der Waals surface area contributed by atoms with Crippen LogP contribution in [0.2, 0.25) is 0 Å². The molecule has 0 unspecified atom stereocenters. The van der Waals surface area contributed by atoms with Gasteiger partial charge in [-0.3, -0.25) is 4.68 Å². The molecule has 0 saturated carbocycles. The number of hydrogen-bond acceptors (Lipinski definition) is 4. The van der Waals surface area contributed by atoms with Crippen LogP contribution in [0.1, 0.15) is 38.4 Å². The van der Waals surface area contributed by atoms with Gasteiger partial charge in [-0.1, -0.05) is 6.92 Å². The Kier molecular flexibility index (Phi) is 6.00. The van der Waals surface area contributed by atoms with Crippen molar-refractivity contribution >= 4 is 9.84 Å². The highest BCUT2D eigenvalue weighted by Gasteiger charge is 2.17. The molecule has 0 amide bonds. The van der Waals surface area contributed by atoms with Crippen molar-refractivity contribution in [2.75, 3.05) is 12.3 Å². The molecule has 110 valence electrons. The molecule has 0 bridgehead atoms. The SMILES string of the molecule is CCCNCc1cnn(CCS(=O)(=O)C(C)C)c1C. The maximum Gasteiger partial charge on any atom is 0.154 e. The van der Waals surface area contributed by atoms with Crippen molar-refractivity contribution in [1.82, 2.24) is 15.1 Å². The van der Waals surface area contributed by atoms with Crippen LogP contribution in [-0.4, -0.2) is 35.7 Å². The quantitative estimate of drug-likeness (QED) is 0.736. The molecular formula is C13H25N3O2S. The van der Waals surface area contributed by atoms with Gasteiger partial charge in [0.05, 0.1) is 23.7 Å². The van der Waals surface area contributed by atoms with Gasteiger partial charge in [-0.15, -0.1) is 0 Å². The molecule has 19 heavy (non-hydrogen) atoms. The lowest BCUT2D eigenvalue weighted by atomic mass is 10.2. The van der Waals surface area contributed by atoms with Crippen molar-refractivity contribution in [3.63, 3.8) is 0 Å². The molecule has 1 N–H and O–H groups in total. The Morgan fingerprint density at radius 1 is 1.42 bits per heavy atom. The van der Waals surface area contributed by atoms with E-state index in [4.69, 9.17) is 0 Å². The molecule has 1 aromatic rings. The van der Waals surface area contributed by atoms with Crippen molar-refractivity contribution in [2.45, 2.75) is 52.5 Å². The van der Waals surface area contributed by atoms with Crippen molar-refractivity contribution in [2.24, 2.45) is 0 Å². The molecule has 1 rings (SSSR count). The molecule has 0 aliphatic carbocycles. The summed E-state index contributed by atoms with van der Waals surface area (Å²) in [7, 11) is -3.00. The molecule has 0 fully saturated rings. The molecule has 0 atom stereocenters. The lowest BCUT2D eigenvalue weighted by Crippen LogP contribution is -2.22. The minimum absolute atomic E-state index is 0.148. The summed E-state index contributed by atoms with van der Waals surface area (Å²) in [6.45, 7) is 9.73. The van der Waals surface area contributed by atoms with Crippen molar-refractivity contribution < 1.29 is 8.42 Å². The second-order valence-corrected chi connectivity index (χ2v) is 7.75. The molecule has 0 spiro atoms. The van der Waals surface area contributed by atoms with E-state index in [9.17, 15) is 8.42 Å². The molecule has 0 saturated heterocycles. The minimum Gasteiger partial charge on any atom is -0.313 e. The van der Waals surface area contributed by atoms with Gasteiger partial charge in [-0.2, -0.15) is 5.10 Å². The third-order valence-electron chi connectivity index (χ3n) is 3.25. The van der Waals surface area contributed by atoms with Gasteiger partial charge < -0.3 is 5.32 Å². The van der Waals surface area contributed by atoms with E-state index in [0.717, 1.165) is 30.8 Å². The number of sulfone groups is 1. The normalized spacial score (nSPS) is 12.3. The number of nitrogens with one attached hydrogen (secondary N) is 1. The average Bonchev–Trinajstić information content (AvgIpc) is 2.69. The molecule has 1 heterocycles. The minimum atomic E-state index is -3.00. The first kappa shape index (κ1) is 16.2. The number of aromatic nitrogens is 2. The van der Waals surface area contributed by atoms with Crippen molar-refractivity contribution in [1.29, 1.82) is 0 Å². The fraction of sp³-hybridized carbons (Fsp3) is 0.769. The van der Waals surface area contributed by atoms with Crippen LogP contribution in [0.5, 0.6) is 0 Å².